The van der Waals surface area contributed by atoms with E-state index >= 15 is 0 Å². The van der Waals surface area contributed by atoms with Crippen LogP contribution in [-0.2, 0) is 16.0 Å². The third-order valence-electron chi connectivity index (χ3n) is 8.29. The number of carbonyl (C=O) groups is 2. The van der Waals surface area contributed by atoms with Crippen LogP contribution >= 0.6 is 11.8 Å². The van der Waals surface area contributed by atoms with E-state index in [4.69, 9.17) is 9.47 Å². The van der Waals surface area contributed by atoms with Crippen LogP contribution in [0.4, 0.5) is 4.79 Å². The van der Waals surface area contributed by atoms with Gasteiger partial charge in [0, 0.05) is 62.6 Å². The van der Waals surface area contributed by atoms with Crippen molar-refractivity contribution in [2.45, 2.75) is 80.5 Å². The Hall–Kier alpha value is -2.62. The molecule has 4 heterocycles. The van der Waals surface area contributed by atoms with Crippen molar-refractivity contribution in [1.29, 1.82) is 0 Å². The van der Waals surface area contributed by atoms with Crippen LogP contribution < -0.4 is 0 Å². The molecular formula is C31H42N4O4S. The predicted octanol–water partition coefficient (Wildman–Crippen LogP) is 5.32. The van der Waals surface area contributed by atoms with Crippen LogP contribution in [0.2, 0.25) is 0 Å². The maximum Gasteiger partial charge on any atom is 0.337 e. The standard InChI is InChI=1S/C31H42N4O4S/c1-22(2)18-27-21-34(25-12-16-39-17-13-25)31(37)35(27)26-10-14-33(15-11-26)20-23-4-9-29(32-19-23)40-28-7-5-24(6-8-28)30(36)38-3/h4-9,19,22,25-27H,10-18,20-21H2,1-3H3. The summed E-state index contributed by atoms with van der Waals surface area (Å²) in [7, 11) is 1.39. The van der Waals surface area contributed by atoms with Crippen LogP contribution in [0.5, 0.6) is 0 Å². The van der Waals surface area contributed by atoms with Crippen LogP contribution in [0.15, 0.2) is 52.5 Å². The second-order valence-corrected chi connectivity index (χ2v) is 12.7. The van der Waals surface area contributed by atoms with Crippen LogP contribution in [0.1, 0.15) is 61.9 Å². The molecule has 3 fully saturated rings. The van der Waals surface area contributed by atoms with E-state index < -0.39 is 0 Å². The molecule has 5 rings (SSSR count). The van der Waals surface area contributed by atoms with E-state index in [0.717, 1.165) is 81.4 Å². The molecule has 8 nitrogen and oxygen atoms in total. The third kappa shape index (κ3) is 6.98. The van der Waals surface area contributed by atoms with Gasteiger partial charge in [-0.3, -0.25) is 4.90 Å². The lowest BCUT2D eigenvalue weighted by atomic mass is 9.97. The quantitative estimate of drug-likeness (QED) is 0.381. The van der Waals surface area contributed by atoms with Gasteiger partial charge in [0.15, 0.2) is 0 Å². The third-order valence-corrected chi connectivity index (χ3v) is 9.25. The van der Waals surface area contributed by atoms with Gasteiger partial charge in [0.25, 0.3) is 0 Å². The lowest BCUT2D eigenvalue weighted by molar-refractivity contribution is 0.0493. The molecule has 1 unspecified atom stereocenters. The molecule has 9 heteroatoms. The van der Waals surface area contributed by atoms with Crippen molar-refractivity contribution in [2.75, 3.05) is 40.0 Å². The molecule has 2 amide bonds. The second kappa shape index (κ2) is 13.4. The number of ether oxygens (including phenoxy) is 2. The summed E-state index contributed by atoms with van der Waals surface area (Å²) in [5.74, 6) is 0.241. The minimum absolute atomic E-state index is 0.258. The Morgan fingerprint density at radius 2 is 1.77 bits per heavy atom. The first-order valence-corrected chi connectivity index (χ1v) is 15.4. The first kappa shape index (κ1) is 28.9. The summed E-state index contributed by atoms with van der Waals surface area (Å²) < 4.78 is 10.3. The summed E-state index contributed by atoms with van der Waals surface area (Å²) in [5.41, 5.74) is 1.74. The number of hydrogen-bond donors (Lipinski definition) is 0. The number of hydrogen-bond acceptors (Lipinski definition) is 7. The Bertz CT molecular complexity index is 1130. The van der Waals surface area contributed by atoms with E-state index in [1.165, 1.54) is 12.7 Å². The lowest BCUT2D eigenvalue weighted by Crippen LogP contribution is -2.50. The number of urea groups is 1. The predicted molar refractivity (Wildman–Crippen MR) is 155 cm³/mol. The molecule has 2 aromatic rings. The van der Waals surface area contributed by atoms with Crippen LogP contribution in [0.3, 0.4) is 0 Å². The van der Waals surface area contributed by atoms with Gasteiger partial charge in [-0.25, -0.2) is 14.6 Å². The van der Waals surface area contributed by atoms with Crippen molar-refractivity contribution in [2.24, 2.45) is 5.92 Å². The Labute approximate surface area is 242 Å². The molecule has 1 aromatic heterocycles. The van der Waals surface area contributed by atoms with E-state index in [1.807, 2.05) is 18.3 Å². The van der Waals surface area contributed by atoms with E-state index in [0.29, 0.717) is 29.6 Å². The SMILES string of the molecule is COC(=O)c1ccc(Sc2ccc(CN3CCC(N4C(=O)N(C5CCOCC5)CC4CC(C)C)CC3)cn2)cc1. The zero-order chi connectivity index (χ0) is 28.1. The minimum Gasteiger partial charge on any atom is -0.465 e. The molecule has 40 heavy (non-hydrogen) atoms. The molecule has 0 N–H and O–H groups in total. The van der Waals surface area contributed by atoms with Crippen LogP contribution in [-0.4, -0.2) is 89.8 Å². The van der Waals surface area contributed by atoms with Gasteiger partial charge in [0.1, 0.15) is 5.03 Å². The topological polar surface area (TPSA) is 75.2 Å². The molecule has 0 spiro atoms. The summed E-state index contributed by atoms with van der Waals surface area (Å²) >= 11 is 1.57. The number of methoxy groups -OCH3 is 1. The maximum absolute atomic E-state index is 13.7. The van der Waals surface area contributed by atoms with Gasteiger partial charge in [0.05, 0.1) is 18.7 Å². The Kier molecular flexibility index (Phi) is 9.65. The van der Waals surface area contributed by atoms with Gasteiger partial charge in [-0.1, -0.05) is 31.7 Å². The van der Waals surface area contributed by atoms with Gasteiger partial charge < -0.3 is 19.3 Å². The number of rotatable bonds is 9. The molecular weight excluding hydrogens is 524 g/mol. The average Bonchev–Trinajstić information content (AvgIpc) is 3.29. The normalized spacial score (nSPS) is 21.4. The van der Waals surface area contributed by atoms with Crippen molar-refractivity contribution >= 4 is 23.8 Å². The number of piperidine rings is 1. The van der Waals surface area contributed by atoms with Crippen molar-refractivity contribution in [1.82, 2.24) is 19.7 Å². The van der Waals surface area contributed by atoms with Gasteiger partial charge in [-0.05, 0) is 73.9 Å². The number of esters is 1. The smallest absolute Gasteiger partial charge is 0.337 e. The monoisotopic (exact) mass is 566 g/mol. The van der Waals surface area contributed by atoms with Crippen molar-refractivity contribution < 1.29 is 19.1 Å². The lowest BCUT2D eigenvalue weighted by Gasteiger charge is -2.39. The first-order chi connectivity index (χ1) is 19.4. The number of carbonyl (C=O) groups excluding carboxylic acids is 2. The summed E-state index contributed by atoms with van der Waals surface area (Å²) in [4.78, 5) is 37.9. The second-order valence-electron chi connectivity index (χ2n) is 11.6. The summed E-state index contributed by atoms with van der Waals surface area (Å²) in [6, 6.07) is 12.8. The molecule has 3 aliphatic rings. The average molecular weight is 567 g/mol. The number of benzene rings is 1. The Balaban J connectivity index is 1.13. The number of nitrogens with zero attached hydrogens (tertiary/aromatic N) is 4. The first-order valence-electron chi connectivity index (χ1n) is 14.6. The summed E-state index contributed by atoms with van der Waals surface area (Å²) in [5, 5.41) is 0.922. The number of amides is 2. The van der Waals surface area contributed by atoms with Gasteiger partial charge in [-0.15, -0.1) is 0 Å². The minimum atomic E-state index is -0.331. The highest BCUT2D eigenvalue weighted by molar-refractivity contribution is 7.99. The van der Waals surface area contributed by atoms with E-state index in [1.54, 1.807) is 23.9 Å². The number of likely N-dealkylation sites (tertiary alicyclic amines) is 1. The van der Waals surface area contributed by atoms with Crippen LogP contribution in [0, 0.1) is 5.92 Å². The number of pyridine rings is 1. The zero-order valence-electron chi connectivity index (χ0n) is 24.0. The summed E-state index contributed by atoms with van der Waals surface area (Å²) in [6.45, 7) is 9.78. The molecule has 0 aliphatic carbocycles. The van der Waals surface area contributed by atoms with E-state index in [-0.39, 0.29) is 12.0 Å². The number of aromatic nitrogens is 1. The highest BCUT2D eigenvalue weighted by Crippen LogP contribution is 2.32. The highest BCUT2D eigenvalue weighted by Gasteiger charge is 2.44. The molecule has 1 aromatic carbocycles. The van der Waals surface area contributed by atoms with Crippen molar-refractivity contribution in [3.05, 3.63) is 53.7 Å². The van der Waals surface area contributed by atoms with Gasteiger partial charge >= 0.3 is 12.0 Å². The van der Waals surface area contributed by atoms with Gasteiger partial charge in [0.2, 0.25) is 0 Å². The Morgan fingerprint density at radius 1 is 1.05 bits per heavy atom. The molecule has 216 valence electrons. The van der Waals surface area contributed by atoms with Crippen molar-refractivity contribution in [3.8, 4) is 0 Å². The molecule has 1 atom stereocenters. The maximum atomic E-state index is 13.7. The molecule has 3 aliphatic heterocycles. The molecule has 3 saturated heterocycles. The molecule has 0 radical (unpaired) electrons. The fourth-order valence-corrected chi connectivity index (χ4v) is 7.02. The zero-order valence-corrected chi connectivity index (χ0v) is 24.8. The van der Waals surface area contributed by atoms with Crippen LogP contribution in [0.25, 0.3) is 0 Å². The molecule has 0 saturated carbocycles. The highest BCUT2D eigenvalue weighted by atomic mass is 32.2. The fraction of sp³-hybridized carbons (Fsp3) is 0.581. The fourth-order valence-electron chi connectivity index (χ4n) is 6.26. The molecule has 0 bridgehead atoms. The largest absolute Gasteiger partial charge is 0.465 e. The van der Waals surface area contributed by atoms with E-state index in [9.17, 15) is 9.59 Å². The Morgan fingerprint density at radius 3 is 2.40 bits per heavy atom. The van der Waals surface area contributed by atoms with Gasteiger partial charge in [-0.2, -0.15) is 0 Å². The summed E-state index contributed by atoms with van der Waals surface area (Å²) in [6.07, 6.45) is 6.98. The van der Waals surface area contributed by atoms with Crippen molar-refractivity contribution in [3.63, 3.8) is 0 Å². The van der Waals surface area contributed by atoms with E-state index in [2.05, 4.69) is 45.7 Å².